The third-order valence-electron chi connectivity index (χ3n) is 2.40. The molecule has 16 heavy (non-hydrogen) atoms. The smallest absolute Gasteiger partial charge is 0.272 e. The largest absolute Gasteiger partial charge is 0.488 e. The molecule has 0 amide bonds. The van der Waals surface area contributed by atoms with Crippen LogP contribution in [0.2, 0.25) is 0 Å². The number of nitrogens with zero attached hydrogens (tertiary/aromatic N) is 2. The number of rotatable bonds is 6. The van der Waals surface area contributed by atoms with E-state index in [1.54, 1.807) is 18.9 Å². The van der Waals surface area contributed by atoms with Gasteiger partial charge in [-0.05, 0) is 21.0 Å². The van der Waals surface area contributed by atoms with Crippen LogP contribution in [-0.2, 0) is 0 Å². The van der Waals surface area contributed by atoms with Gasteiger partial charge in [-0.1, -0.05) is 0 Å². The van der Waals surface area contributed by atoms with Crippen LogP contribution in [0.15, 0.2) is 9.59 Å². The van der Waals surface area contributed by atoms with E-state index in [0.29, 0.717) is 18.8 Å². The van der Waals surface area contributed by atoms with E-state index < -0.39 is 10.9 Å². The van der Waals surface area contributed by atoms with Crippen LogP contribution in [0.25, 0.3) is 0 Å². The zero-order chi connectivity index (χ0) is 12.3. The molecule has 0 bridgehead atoms. The highest BCUT2D eigenvalue weighted by atomic mass is 16.5. The molecule has 0 N–H and O–H groups in total. The summed E-state index contributed by atoms with van der Waals surface area (Å²) in [7, 11) is 5.71. The van der Waals surface area contributed by atoms with E-state index in [1.165, 1.54) is 0 Å². The van der Waals surface area contributed by atoms with Crippen molar-refractivity contribution >= 4 is 5.69 Å². The van der Waals surface area contributed by atoms with Gasteiger partial charge in [0.15, 0.2) is 5.75 Å². The Morgan fingerprint density at radius 3 is 2.19 bits per heavy atom. The van der Waals surface area contributed by atoms with Gasteiger partial charge in [-0.2, -0.15) is 0 Å². The minimum Gasteiger partial charge on any atom is -0.488 e. The van der Waals surface area contributed by atoms with Crippen LogP contribution in [0.4, 0.5) is 5.69 Å². The molecule has 0 spiro atoms. The Morgan fingerprint density at radius 2 is 1.69 bits per heavy atom. The molecule has 1 aromatic rings. The third-order valence-corrected chi connectivity index (χ3v) is 2.40. The molecule has 0 aliphatic heterocycles. The quantitative estimate of drug-likeness (QED) is 0.622. The minimum atomic E-state index is -0.506. The summed E-state index contributed by atoms with van der Waals surface area (Å²) in [6.45, 7) is 3.71. The molecule has 1 rings (SSSR count). The van der Waals surface area contributed by atoms with Gasteiger partial charge in [0.25, 0.3) is 10.9 Å². The van der Waals surface area contributed by atoms with Gasteiger partial charge in [-0.15, -0.1) is 0 Å². The fraction of sp³-hybridized carbons (Fsp3) is 0.636. The number of ether oxygens (including phenoxy) is 1. The molecule has 90 valence electrons. The molecule has 0 aromatic heterocycles. The van der Waals surface area contributed by atoms with Gasteiger partial charge in [0.2, 0.25) is 0 Å². The lowest BCUT2D eigenvalue weighted by Gasteiger charge is -2.24. The van der Waals surface area contributed by atoms with E-state index in [-0.39, 0.29) is 5.75 Å². The molecule has 5 nitrogen and oxygen atoms in total. The second kappa shape index (κ2) is 5.12. The first-order valence-corrected chi connectivity index (χ1v) is 5.31. The maximum absolute atomic E-state index is 11.4. The summed E-state index contributed by atoms with van der Waals surface area (Å²) < 4.78 is 5.16. The Hall–Kier alpha value is -1.36. The van der Waals surface area contributed by atoms with Gasteiger partial charge < -0.3 is 14.5 Å². The van der Waals surface area contributed by atoms with Crippen molar-refractivity contribution in [1.82, 2.24) is 4.90 Å². The molecule has 0 aliphatic rings. The van der Waals surface area contributed by atoms with Gasteiger partial charge in [0.1, 0.15) is 5.69 Å². The molecule has 0 radical (unpaired) electrons. The highest BCUT2D eigenvalue weighted by Crippen LogP contribution is 2.20. The Balaban J connectivity index is 2.76. The normalized spacial score (nSPS) is 11.1. The predicted octanol–water partition coefficient (Wildman–Crippen LogP) is -0.321. The highest BCUT2D eigenvalue weighted by Gasteiger charge is 2.25. The molecule has 0 aliphatic carbocycles. The maximum Gasteiger partial charge on any atom is 0.272 e. The third kappa shape index (κ3) is 2.41. The average molecular weight is 226 g/mol. The second-order valence-corrected chi connectivity index (χ2v) is 3.99. The van der Waals surface area contributed by atoms with Crippen molar-refractivity contribution in [2.75, 3.05) is 45.7 Å². The standard InChI is InChI=1S/C11H18N2O3/c1-5-16-11-8(9(14)10(11)15)13(4)7-6-12(2)3/h5-7H2,1-4H3. The van der Waals surface area contributed by atoms with E-state index in [1.807, 2.05) is 19.0 Å². The van der Waals surface area contributed by atoms with Crippen LogP contribution in [0.5, 0.6) is 5.75 Å². The topological polar surface area (TPSA) is 49.9 Å². The van der Waals surface area contributed by atoms with Crippen LogP contribution in [-0.4, -0.2) is 45.7 Å². The van der Waals surface area contributed by atoms with Crippen molar-refractivity contribution in [2.24, 2.45) is 0 Å². The van der Waals surface area contributed by atoms with E-state index in [9.17, 15) is 9.59 Å². The monoisotopic (exact) mass is 226 g/mol. The van der Waals surface area contributed by atoms with Crippen LogP contribution < -0.4 is 20.5 Å². The van der Waals surface area contributed by atoms with E-state index in [4.69, 9.17) is 4.74 Å². The molecular formula is C11H18N2O3. The predicted molar refractivity (Wildman–Crippen MR) is 64.3 cm³/mol. The van der Waals surface area contributed by atoms with E-state index >= 15 is 0 Å². The average Bonchev–Trinajstić information content (AvgIpc) is 2.25. The van der Waals surface area contributed by atoms with Crippen LogP contribution >= 0.6 is 0 Å². The van der Waals surface area contributed by atoms with E-state index in [2.05, 4.69) is 0 Å². The summed E-state index contributed by atoms with van der Waals surface area (Å²) >= 11 is 0. The van der Waals surface area contributed by atoms with E-state index in [0.717, 1.165) is 6.54 Å². The van der Waals surface area contributed by atoms with Crippen LogP contribution in [0.1, 0.15) is 6.92 Å². The van der Waals surface area contributed by atoms with Crippen molar-refractivity contribution in [3.05, 3.63) is 20.4 Å². The van der Waals surface area contributed by atoms with Gasteiger partial charge in [0.05, 0.1) is 6.61 Å². The lowest BCUT2D eigenvalue weighted by atomic mass is 10.2. The van der Waals surface area contributed by atoms with Gasteiger partial charge in [-0.25, -0.2) is 0 Å². The maximum atomic E-state index is 11.4. The summed E-state index contributed by atoms with van der Waals surface area (Å²) in [5, 5.41) is 0. The SMILES string of the molecule is CCOc1c(N(C)CCN(C)C)c(=O)c1=O. The number of hydrogen-bond donors (Lipinski definition) is 0. The first kappa shape index (κ1) is 12.7. The fourth-order valence-corrected chi connectivity index (χ4v) is 1.45. The van der Waals surface area contributed by atoms with Crippen LogP contribution in [0, 0.1) is 0 Å². The molecule has 0 saturated heterocycles. The molecule has 0 unspecified atom stereocenters. The van der Waals surface area contributed by atoms with Gasteiger partial charge in [-0.3, -0.25) is 9.59 Å². The molecule has 0 saturated carbocycles. The zero-order valence-electron chi connectivity index (χ0n) is 10.2. The van der Waals surface area contributed by atoms with Crippen molar-refractivity contribution < 1.29 is 4.74 Å². The van der Waals surface area contributed by atoms with Crippen molar-refractivity contribution in [2.45, 2.75) is 6.92 Å². The zero-order valence-corrected chi connectivity index (χ0v) is 10.2. The molecule has 5 heteroatoms. The summed E-state index contributed by atoms with van der Waals surface area (Å²) in [6, 6.07) is 0. The van der Waals surface area contributed by atoms with Gasteiger partial charge in [0, 0.05) is 20.1 Å². The number of anilines is 1. The summed E-state index contributed by atoms with van der Waals surface area (Å²) in [4.78, 5) is 26.4. The van der Waals surface area contributed by atoms with Crippen molar-refractivity contribution in [3.8, 4) is 5.75 Å². The van der Waals surface area contributed by atoms with Crippen molar-refractivity contribution in [1.29, 1.82) is 0 Å². The van der Waals surface area contributed by atoms with Crippen LogP contribution in [0.3, 0.4) is 0 Å². The lowest BCUT2D eigenvalue weighted by Crippen LogP contribution is -2.41. The van der Waals surface area contributed by atoms with Gasteiger partial charge >= 0.3 is 0 Å². The first-order chi connectivity index (χ1) is 7.49. The Morgan fingerprint density at radius 1 is 1.06 bits per heavy atom. The number of likely N-dealkylation sites (N-methyl/N-ethyl adjacent to an activating group) is 2. The highest BCUT2D eigenvalue weighted by molar-refractivity contribution is 5.63. The minimum absolute atomic E-state index is 0.216. The number of hydrogen-bond acceptors (Lipinski definition) is 5. The molecule has 0 atom stereocenters. The Labute approximate surface area is 94.9 Å². The first-order valence-electron chi connectivity index (χ1n) is 5.31. The second-order valence-electron chi connectivity index (χ2n) is 3.99. The summed E-state index contributed by atoms with van der Waals surface area (Å²) in [6.07, 6.45) is 0. The fourth-order valence-electron chi connectivity index (χ4n) is 1.45. The molecular weight excluding hydrogens is 208 g/mol. The molecule has 0 heterocycles. The summed E-state index contributed by atoms with van der Waals surface area (Å²) in [5.74, 6) is 0.216. The lowest BCUT2D eigenvalue weighted by molar-refractivity contribution is 0.332. The Bertz CT molecular complexity index is 419. The Kier molecular flexibility index (Phi) is 4.06. The molecule has 0 fully saturated rings. The van der Waals surface area contributed by atoms with Crippen molar-refractivity contribution in [3.63, 3.8) is 0 Å². The molecule has 1 aromatic carbocycles. The summed E-state index contributed by atoms with van der Waals surface area (Å²) in [5.41, 5.74) is -0.535.